The number of ether oxygens (including phenoxy) is 1. The minimum Gasteiger partial charge on any atom is -0.383 e. The lowest BCUT2D eigenvalue weighted by molar-refractivity contribution is -0.137. The van der Waals surface area contributed by atoms with Crippen LogP contribution in [0.15, 0.2) is 16.7 Å². The number of hydrogen-bond donors (Lipinski definition) is 0. The summed E-state index contributed by atoms with van der Waals surface area (Å²) >= 11 is 6.34. The average molecular weight is 406 g/mol. The Kier molecular flexibility index (Phi) is 6.07. The normalized spacial score (nSPS) is 13.4. The van der Waals surface area contributed by atoms with Gasteiger partial charge >= 0.3 is 6.18 Å². The van der Waals surface area contributed by atoms with Crippen molar-refractivity contribution in [2.45, 2.75) is 11.0 Å². The molecule has 1 rings (SSSR count). The van der Waals surface area contributed by atoms with E-state index in [1.165, 1.54) is 18.2 Å². The molecule has 0 fully saturated rings. The van der Waals surface area contributed by atoms with Crippen molar-refractivity contribution in [2.75, 3.05) is 32.2 Å². The van der Waals surface area contributed by atoms with E-state index in [0.717, 1.165) is 6.07 Å². The van der Waals surface area contributed by atoms with Crippen molar-refractivity contribution >= 4 is 37.7 Å². The first-order valence-corrected chi connectivity index (χ1v) is 7.03. The van der Waals surface area contributed by atoms with Crippen molar-refractivity contribution in [3.8, 4) is 0 Å². The van der Waals surface area contributed by atoms with Gasteiger partial charge in [-0.2, -0.15) is 13.2 Å². The summed E-state index contributed by atoms with van der Waals surface area (Å²) in [5.74, 6) is -0.101. The third-order valence-electron chi connectivity index (χ3n) is 2.32. The van der Waals surface area contributed by atoms with Crippen LogP contribution >= 0.6 is 31.9 Å². The Balaban J connectivity index is 2.99. The molecule has 1 aromatic rings. The van der Waals surface area contributed by atoms with Crippen LogP contribution in [0, 0.1) is 0 Å². The van der Waals surface area contributed by atoms with Gasteiger partial charge in [0.15, 0.2) is 0 Å². The minimum atomic E-state index is -4.44. The fourth-order valence-electron chi connectivity index (χ4n) is 1.56. The molecule has 0 radical (unpaired) electrons. The zero-order valence-corrected chi connectivity index (χ0v) is 13.5. The molecule has 0 amide bonds. The van der Waals surface area contributed by atoms with E-state index >= 15 is 0 Å². The number of rotatable bonds is 5. The van der Waals surface area contributed by atoms with E-state index in [2.05, 4.69) is 36.8 Å². The number of anilines is 1. The summed E-state index contributed by atoms with van der Waals surface area (Å²) < 4.78 is 44.1. The Labute approximate surface area is 126 Å². The quantitative estimate of drug-likeness (QED) is 0.698. The van der Waals surface area contributed by atoms with E-state index < -0.39 is 11.7 Å². The van der Waals surface area contributed by atoms with Crippen LogP contribution in [0.1, 0.15) is 5.56 Å². The highest BCUT2D eigenvalue weighted by atomic mass is 79.9. The Bertz CT molecular complexity index is 429. The van der Waals surface area contributed by atoms with Crippen LogP contribution in [-0.2, 0) is 10.9 Å². The molecular formula is C11H13Br2F3N2O. The number of aromatic nitrogens is 1. The number of alkyl halides is 4. The SMILES string of the molecule is COCC(Br)CN(C)c1ncc(Br)cc1C(F)(F)F. The molecule has 0 saturated carbocycles. The molecule has 1 aromatic heterocycles. The second-order valence-corrected chi connectivity index (χ2v) is 6.17. The number of nitrogens with zero attached hydrogens (tertiary/aromatic N) is 2. The van der Waals surface area contributed by atoms with Gasteiger partial charge in [0.25, 0.3) is 0 Å². The molecule has 1 unspecified atom stereocenters. The molecule has 0 spiro atoms. The lowest BCUT2D eigenvalue weighted by atomic mass is 10.2. The molecule has 0 aliphatic heterocycles. The van der Waals surface area contributed by atoms with Crippen molar-refractivity contribution in [3.63, 3.8) is 0 Å². The monoisotopic (exact) mass is 404 g/mol. The Morgan fingerprint density at radius 2 is 2.11 bits per heavy atom. The number of pyridine rings is 1. The lowest BCUT2D eigenvalue weighted by Crippen LogP contribution is -2.30. The first-order chi connectivity index (χ1) is 8.75. The summed E-state index contributed by atoms with van der Waals surface area (Å²) in [4.78, 5) is 5.23. The highest BCUT2D eigenvalue weighted by molar-refractivity contribution is 9.10. The molecule has 0 aliphatic carbocycles. The highest BCUT2D eigenvalue weighted by Gasteiger charge is 2.35. The van der Waals surface area contributed by atoms with Crippen molar-refractivity contribution in [3.05, 3.63) is 22.3 Å². The average Bonchev–Trinajstić information content (AvgIpc) is 2.27. The molecule has 19 heavy (non-hydrogen) atoms. The second kappa shape index (κ2) is 6.90. The minimum absolute atomic E-state index is 0.0750. The van der Waals surface area contributed by atoms with Crippen LogP contribution < -0.4 is 4.90 Å². The number of halogens is 5. The van der Waals surface area contributed by atoms with Gasteiger partial charge in [0.1, 0.15) is 5.82 Å². The molecule has 1 atom stereocenters. The first-order valence-electron chi connectivity index (χ1n) is 5.32. The van der Waals surface area contributed by atoms with Gasteiger partial charge in [-0.15, -0.1) is 0 Å². The summed E-state index contributed by atoms with van der Waals surface area (Å²) in [6.45, 7) is 0.758. The van der Waals surface area contributed by atoms with Gasteiger partial charge in [0.05, 0.1) is 17.0 Å². The molecule has 0 bridgehead atoms. The van der Waals surface area contributed by atoms with Crippen LogP contribution in [0.5, 0.6) is 0 Å². The zero-order valence-electron chi connectivity index (χ0n) is 10.3. The molecule has 3 nitrogen and oxygen atoms in total. The van der Waals surface area contributed by atoms with Gasteiger partial charge in [-0.25, -0.2) is 4.98 Å². The highest BCUT2D eigenvalue weighted by Crippen LogP contribution is 2.36. The first kappa shape index (κ1) is 16.7. The number of hydrogen-bond acceptors (Lipinski definition) is 3. The Hall–Kier alpha value is -0.340. The maximum atomic E-state index is 13.0. The topological polar surface area (TPSA) is 25.4 Å². The van der Waals surface area contributed by atoms with Gasteiger partial charge < -0.3 is 9.64 Å². The fraction of sp³-hybridized carbons (Fsp3) is 0.545. The largest absolute Gasteiger partial charge is 0.419 e. The summed E-state index contributed by atoms with van der Waals surface area (Å²) in [6, 6.07) is 1.03. The van der Waals surface area contributed by atoms with Gasteiger partial charge in [0, 0.05) is 31.4 Å². The van der Waals surface area contributed by atoms with Crippen molar-refractivity contribution in [2.24, 2.45) is 0 Å². The van der Waals surface area contributed by atoms with E-state index in [-0.39, 0.29) is 10.6 Å². The van der Waals surface area contributed by atoms with E-state index in [0.29, 0.717) is 17.6 Å². The van der Waals surface area contributed by atoms with Crippen LogP contribution in [-0.4, -0.2) is 37.1 Å². The maximum absolute atomic E-state index is 13.0. The molecule has 8 heteroatoms. The fourth-order valence-corrected chi connectivity index (χ4v) is 2.59. The predicted octanol–water partition coefficient (Wildman–Crippen LogP) is 3.71. The molecule has 0 saturated heterocycles. The van der Waals surface area contributed by atoms with Crippen LogP contribution in [0.25, 0.3) is 0 Å². The van der Waals surface area contributed by atoms with E-state index in [4.69, 9.17) is 4.74 Å². The van der Waals surface area contributed by atoms with E-state index in [1.807, 2.05) is 0 Å². The lowest BCUT2D eigenvalue weighted by Gasteiger charge is -2.24. The standard InChI is InChI=1S/C11H13Br2F3N2O/c1-18(5-8(13)6-19-2)10-9(11(14,15)16)3-7(12)4-17-10/h3-4,8H,5-6H2,1-2H3. The van der Waals surface area contributed by atoms with Crippen LogP contribution in [0.3, 0.4) is 0 Å². The smallest absolute Gasteiger partial charge is 0.383 e. The molecule has 108 valence electrons. The van der Waals surface area contributed by atoms with Gasteiger partial charge in [0.2, 0.25) is 0 Å². The summed E-state index contributed by atoms with van der Waals surface area (Å²) in [6.07, 6.45) is -3.09. The van der Waals surface area contributed by atoms with Crippen LogP contribution in [0.2, 0.25) is 0 Å². The zero-order chi connectivity index (χ0) is 14.6. The Morgan fingerprint density at radius 3 is 2.63 bits per heavy atom. The molecule has 0 aromatic carbocycles. The summed E-state index contributed by atoms with van der Waals surface area (Å²) in [5.41, 5.74) is -0.763. The summed E-state index contributed by atoms with van der Waals surface area (Å²) in [5, 5.41) is 0. The van der Waals surface area contributed by atoms with Gasteiger partial charge in [-0.1, -0.05) is 15.9 Å². The van der Waals surface area contributed by atoms with Crippen LogP contribution in [0.4, 0.5) is 19.0 Å². The maximum Gasteiger partial charge on any atom is 0.419 e. The molecular weight excluding hydrogens is 393 g/mol. The van der Waals surface area contributed by atoms with Gasteiger partial charge in [-0.3, -0.25) is 0 Å². The van der Waals surface area contributed by atoms with Crippen molar-refractivity contribution < 1.29 is 17.9 Å². The second-order valence-electron chi connectivity index (χ2n) is 3.96. The van der Waals surface area contributed by atoms with Gasteiger partial charge in [-0.05, 0) is 22.0 Å². The third-order valence-corrected chi connectivity index (χ3v) is 3.31. The van der Waals surface area contributed by atoms with Crippen molar-refractivity contribution in [1.29, 1.82) is 0 Å². The number of methoxy groups -OCH3 is 1. The van der Waals surface area contributed by atoms with Crippen molar-refractivity contribution in [1.82, 2.24) is 4.98 Å². The predicted molar refractivity (Wildman–Crippen MR) is 74.8 cm³/mol. The third kappa shape index (κ3) is 4.92. The molecule has 0 N–H and O–H groups in total. The molecule has 0 aliphatic rings. The molecule has 1 heterocycles. The van der Waals surface area contributed by atoms with E-state index in [9.17, 15) is 13.2 Å². The Morgan fingerprint density at radius 1 is 1.47 bits per heavy atom. The summed E-state index contributed by atoms with van der Waals surface area (Å²) in [7, 11) is 3.10. The van der Waals surface area contributed by atoms with E-state index in [1.54, 1.807) is 7.05 Å².